The lowest BCUT2D eigenvalue weighted by Crippen LogP contribution is -2.22. The first kappa shape index (κ1) is 13.3. The van der Waals surface area contributed by atoms with E-state index in [2.05, 4.69) is 16.8 Å². The zero-order chi connectivity index (χ0) is 14.7. The van der Waals surface area contributed by atoms with Crippen molar-refractivity contribution in [3.05, 3.63) is 47.8 Å². The zero-order valence-corrected chi connectivity index (χ0v) is 11.7. The van der Waals surface area contributed by atoms with Crippen LogP contribution in [-0.4, -0.2) is 18.3 Å². The average molecular weight is 281 g/mol. The topological polar surface area (TPSA) is 58.4 Å². The van der Waals surface area contributed by atoms with E-state index in [4.69, 9.17) is 14.7 Å². The van der Waals surface area contributed by atoms with E-state index in [-0.39, 0.29) is 6.79 Å². The number of rotatable bonds is 4. The molecule has 3 rings (SSSR count). The Hall–Kier alpha value is -2.74. The van der Waals surface area contributed by atoms with Crippen molar-refractivity contribution in [2.45, 2.75) is 13.5 Å². The van der Waals surface area contributed by atoms with Crippen LogP contribution in [0.1, 0.15) is 18.2 Å². The Labute approximate surface area is 123 Å². The van der Waals surface area contributed by atoms with E-state index in [9.17, 15) is 0 Å². The van der Waals surface area contributed by atoms with Crippen molar-refractivity contribution in [2.75, 3.05) is 18.2 Å². The third-order valence-corrected chi connectivity index (χ3v) is 3.42. The Morgan fingerprint density at radius 2 is 2.10 bits per heavy atom. The fourth-order valence-electron chi connectivity index (χ4n) is 2.28. The van der Waals surface area contributed by atoms with Gasteiger partial charge in [-0.25, -0.2) is 4.98 Å². The maximum Gasteiger partial charge on any atom is 0.231 e. The number of aromatic nitrogens is 1. The molecule has 0 N–H and O–H groups in total. The van der Waals surface area contributed by atoms with Gasteiger partial charge in [-0.3, -0.25) is 0 Å². The first-order valence-electron chi connectivity index (χ1n) is 6.80. The van der Waals surface area contributed by atoms with Crippen LogP contribution in [0.25, 0.3) is 0 Å². The van der Waals surface area contributed by atoms with Gasteiger partial charge in [-0.15, -0.1) is 0 Å². The third kappa shape index (κ3) is 2.75. The number of pyridine rings is 1. The Bertz CT molecular complexity index is 677. The van der Waals surface area contributed by atoms with Gasteiger partial charge in [0.1, 0.15) is 11.8 Å². The van der Waals surface area contributed by atoms with Crippen molar-refractivity contribution in [2.24, 2.45) is 0 Å². The number of anilines is 1. The molecule has 2 heterocycles. The van der Waals surface area contributed by atoms with Crippen LogP contribution in [0.3, 0.4) is 0 Å². The molecule has 1 aromatic heterocycles. The highest BCUT2D eigenvalue weighted by Crippen LogP contribution is 2.33. The molecule has 0 atom stereocenters. The van der Waals surface area contributed by atoms with E-state index < -0.39 is 0 Å². The number of benzene rings is 1. The van der Waals surface area contributed by atoms with Gasteiger partial charge in [0.15, 0.2) is 11.5 Å². The first-order valence-corrected chi connectivity index (χ1v) is 6.80. The third-order valence-electron chi connectivity index (χ3n) is 3.42. The molecule has 0 spiro atoms. The number of hydrogen-bond acceptors (Lipinski definition) is 5. The van der Waals surface area contributed by atoms with Crippen LogP contribution in [0, 0.1) is 11.3 Å². The van der Waals surface area contributed by atoms with Crippen molar-refractivity contribution in [3.63, 3.8) is 0 Å². The molecule has 106 valence electrons. The molecule has 5 heteroatoms. The Kier molecular flexibility index (Phi) is 3.61. The highest BCUT2D eigenvalue weighted by atomic mass is 16.7. The standard InChI is InChI=1S/C16H15N3O2/c1-2-19(14-5-4-13(8-17)18-9-14)10-12-3-6-15-16(7-12)21-11-20-15/h3-7,9H,2,10-11H2,1H3. The van der Waals surface area contributed by atoms with Gasteiger partial charge in [-0.05, 0) is 36.8 Å². The van der Waals surface area contributed by atoms with E-state index in [0.717, 1.165) is 35.8 Å². The molecule has 21 heavy (non-hydrogen) atoms. The summed E-state index contributed by atoms with van der Waals surface area (Å²) in [5.74, 6) is 1.59. The van der Waals surface area contributed by atoms with Crippen LogP contribution in [0.15, 0.2) is 36.5 Å². The summed E-state index contributed by atoms with van der Waals surface area (Å²) in [5, 5.41) is 8.80. The van der Waals surface area contributed by atoms with E-state index >= 15 is 0 Å². The van der Waals surface area contributed by atoms with Gasteiger partial charge in [-0.2, -0.15) is 5.26 Å². The quantitative estimate of drug-likeness (QED) is 0.862. The average Bonchev–Trinajstić information content (AvgIpc) is 3.00. The van der Waals surface area contributed by atoms with Crippen molar-refractivity contribution < 1.29 is 9.47 Å². The van der Waals surface area contributed by atoms with Gasteiger partial charge < -0.3 is 14.4 Å². The summed E-state index contributed by atoms with van der Waals surface area (Å²) in [5.41, 5.74) is 2.57. The van der Waals surface area contributed by atoms with Crippen LogP contribution in [-0.2, 0) is 6.54 Å². The molecule has 0 saturated heterocycles. The summed E-state index contributed by atoms with van der Waals surface area (Å²) in [6.07, 6.45) is 1.73. The Balaban J connectivity index is 1.79. The molecule has 5 nitrogen and oxygen atoms in total. The minimum absolute atomic E-state index is 0.288. The minimum Gasteiger partial charge on any atom is -0.454 e. The summed E-state index contributed by atoms with van der Waals surface area (Å²) in [7, 11) is 0. The number of nitrogens with zero attached hydrogens (tertiary/aromatic N) is 3. The molecule has 0 radical (unpaired) electrons. The Morgan fingerprint density at radius 3 is 2.81 bits per heavy atom. The molecule has 0 aliphatic carbocycles. The second kappa shape index (κ2) is 5.71. The summed E-state index contributed by atoms with van der Waals surface area (Å²) in [4.78, 5) is 6.30. The second-order valence-electron chi connectivity index (χ2n) is 4.72. The van der Waals surface area contributed by atoms with E-state index in [1.54, 1.807) is 12.3 Å². The fraction of sp³-hybridized carbons (Fsp3) is 0.250. The van der Waals surface area contributed by atoms with Crippen LogP contribution in [0.5, 0.6) is 11.5 Å². The van der Waals surface area contributed by atoms with E-state index in [1.807, 2.05) is 30.3 Å². The lowest BCUT2D eigenvalue weighted by atomic mass is 10.2. The smallest absolute Gasteiger partial charge is 0.231 e. The first-order chi connectivity index (χ1) is 10.3. The highest BCUT2D eigenvalue weighted by molar-refractivity contribution is 5.49. The SMILES string of the molecule is CCN(Cc1ccc2c(c1)OCO2)c1ccc(C#N)nc1. The number of fused-ring (bicyclic) bond motifs is 1. The molecule has 0 saturated carbocycles. The zero-order valence-electron chi connectivity index (χ0n) is 11.7. The van der Waals surface area contributed by atoms with E-state index in [0.29, 0.717) is 5.69 Å². The molecule has 0 fully saturated rings. The molecule has 0 amide bonds. The lowest BCUT2D eigenvalue weighted by molar-refractivity contribution is 0.174. The molecular weight excluding hydrogens is 266 g/mol. The van der Waals surface area contributed by atoms with Gasteiger partial charge in [0.25, 0.3) is 0 Å². The molecule has 1 aromatic carbocycles. The lowest BCUT2D eigenvalue weighted by Gasteiger charge is -2.23. The fourth-order valence-corrected chi connectivity index (χ4v) is 2.28. The van der Waals surface area contributed by atoms with Crippen molar-refractivity contribution >= 4 is 5.69 Å². The predicted molar refractivity (Wildman–Crippen MR) is 78.2 cm³/mol. The van der Waals surface area contributed by atoms with Crippen molar-refractivity contribution in [3.8, 4) is 17.6 Å². The highest BCUT2D eigenvalue weighted by Gasteiger charge is 2.14. The van der Waals surface area contributed by atoms with Crippen molar-refractivity contribution in [1.29, 1.82) is 5.26 Å². The predicted octanol–water partition coefficient (Wildman–Crippen LogP) is 2.71. The number of nitriles is 1. The van der Waals surface area contributed by atoms with Crippen LogP contribution < -0.4 is 14.4 Å². The molecule has 1 aliphatic rings. The molecule has 1 aliphatic heterocycles. The maximum atomic E-state index is 8.80. The maximum absolute atomic E-state index is 8.80. The summed E-state index contributed by atoms with van der Waals surface area (Å²) >= 11 is 0. The second-order valence-corrected chi connectivity index (χ2v) is 4.72. The summed E-state index contributed by atoms with van der Waals surface area (Å²) < 4.78 is 10.7. The van der Waals surface area contributed by atoms with Gasteiger partial charge in [0.05, 0.1) is 11.9 Å². The van der Waals surface area contributed by atoms with E-state index in [1.165, 1.54) is 0 Å². The summed E-state index contributed by atoms with van der Waals surface area (Å²) in [6.45, 7) is 3.98. The van der Waals surface area contributed by atoms with Crippen molar-refractivity contribution in [1.82, 2.24) is 4.98 Å². The van der Waals surface area contributed by atoms with Crippen LogP contribution in [0.4, 0.5) is 5.69 Å². The number of ether oxygens (including phenoxy) is 2. The number of hydrogen-bond donors (Lipinski definition) is 0. The normalized spacial score (nSPS) is 12.0. The monoisotopic (exact) mass is 281 g/mol. The van der Waals surface area contributed by atoms with Crippen LogP contribution in [0.2, 0.25) is 0 Å². The van der Waals surface area contributed by atoms with Gasteiger partial charge in [0, 0.05) is 13.1 Å². The summed E-state index contributed by atoms with van der Waals surface area (Å²) in [6, 6.07) is 11.7. The van der Waals surface area contributed by atoms with Gasteiger partial charge in [-0.1, -0.05) is 6.07 Å². The van der Waals surface area contributed by atoms with Gasteiger partial charge in [0.2, 0.25) is 6.79 Å². The molecule has 2 aromatic rings. The minimum atomic E-state index is 0.288. The molecular formula is C16H15N3O2. The van der Waals surface area contributed by atoms with Crippen LogP contribution >= 0.6 is 0 Å². The largest absolute Gasteiger partial charge is 0.454 e. The Morgan fingerprint density at radius 1 is 1.24 bits per heavy atom. The molecule has 0 bridgehead atoms. The molecule has 0 unspecified atom stereocenters. The van der Waals surface area contributed by atoms with Gasteiger partial charge >= 0.3 is 0 Å².